The molecule has 1 atom stereocenters. The van der Waals surface area contributed by atoms with Gasteiger partial charge in [0.2, 0.25) is 0 Å². The third-order valence-electron chi connectivity index (χ3n) is 4.14. The lowest BCUT2D eigenvalue weighted by Crippen LogP contribution is -2.14. The Morgan fingerprint density at radius 2 is 1.83 bits per heavy atom. The van der Waals surface area contributed by atoms with Crippen LogP contribution in [0.2, 0.25) is 15.1 Å². The van der Waals surface area contributed by atoms with Crippen molar-refractivity contribution < 1.29 is 14.4 Å². The minimum Gasteiger partial charge on any atom is -0.435 e. The van der Waals surface area contributed by atoms with Crippen LogP contribution in [0.3, 0.4) is 0 Å². The van der Waals surface area contributed by atoms with E-state index in [9.17, 15) is 10.1 Å². The average molecular weight is 489 g/mol. The normalized spacial score (nSPS) is 12.0. The molecule has 0 spiro atoms. The van der Waals surface area contributed by atoms with Crippen LogP contribution in [0.25, 0.3) is 0 Å². The van der Waals surface area contributed by atoms with Gasteiger partial charge in [0.1, 0.15) is 18.2 Å². The molecule has 0 saturated heterocycles. The second kappa shape index (κ2) is 10.4. The van der Waals surface area contributed by atoms with Gasteiger partial charge in [-0.3, -0.25) is 4.57 Å². The number of hydrogen-bond acceptors (Lipinski definition) is 6. The summed E-state index contributed by atoms with van der Waals surface area (Å²) in [5, 5.41) is 12.7. The van der Waals surface area contributed by atoms with Gasteiger partial charge in [-0.1, -0.05) is 53.0 Å². The van der Waals surface area contributed by atoms with Crippen molar-refractivity contribution in [3.8, 4) is 6.01 Å². The van der Waals surface area contributed by atoms with Gasteiger partial charge in [-0.2, -0.15) is 0 Å². The number of halogens is 3. The first-order valence-electron chi connectivity index (χ1n) is 8.63. The standard InChI is InChI=1S/C19H16Cl3N3O4S/c20-13-3-1-12(2-4-13)10-28-17(15-6-5-14(21)7-16(15)22)8-24-9-18(25(26)27)23-19(24)29-11-30/h1-7,9,17,30H,8,10-11H2. The summed E-state index contributed by atoms with van der Waals surface area (Å²) in [5.74, 6) is -0.336. The van der Waals surface area contributed by atoms with E-state index in [0.717, 1.165) is 5.56 Å². The van der Waals surface area contributed by atoms with Gasteiger partial charge in [-0.25, -0.2) is 0 Å². The maximum atomic E-state index is 11.1. The van der Waals surface area contributed by atoms with Gasteiger partial charge in [0, 0.05) is 25.6 Å². The lowest BCUT2D eigenvalue weighted by Gasteiger charge is -2.20. The Labute approximate surface area is 193 Å². The zero-order chi connectivity index (χ0) is 21.7. The smallest absolute Gasteiger partial charge is 0.415 e. The van der Waals surface area contributed by atoms with Crippen LogP contribution in [0.4, 0.5) is 5.82 Å². The van der Waals surface area contributed by atoms with Crippen molar-refractivity contribution >= 4 is 53.2 Å². The van der Waals surface area contributed by atoms with Crippen molar-refractivity contribution in [3.63, 3.8) is 0 Å². The first-order chi connectivity index (χ1) is 14.4. The first-order valence-corrected chi connectivity index (χ1v) is 10.4. The van der Waals surface area contributed by atoms with Crippen LogP contribution < -0.4 is 4.74 Å². The summed E-state index contributed by atoms with van der Waals surface area (Å²) < 4.78 is 12.9. The van der Waals surface area contributed by atoms with Gasteiger partial charge >= 0.3 is 11.8 Å². The minimum atomic E-state index is -0.597. The molecular formula is C19H16Cl3N3O4S. The molecule has 3 rings (SSSR count). The van der Waals surface area contributed by atoms with Crippen LogP contribution in [0, 0.1) is 10.1 Å². The Balaban J connectivity index is 1.90. The van der Waals surface area contributed by atoms with Crippen LogP contribution in [0.1, 0.15) is 17.2 Å². The van der Waals surface area contributed by atoms with E-state index in [1.54, 1.807) is 30.3 Å². The fraction of sp³-hybridized carbons (Fsp3) is 0.211. The topological polar surface area (TPSA) is 79.4 Å². The number of aromatic nitrogens is 2. The summed E-state index contributed by atoms with van der Waals surface area (Å²) in [5.41, 5.74) is 1.57. The van der Waals surface area contributed by atoms with Gasteiger partial charge in [0.05, 0.1) is 13.2 Å². The quantitative estimate of drug-likeness (QED) is 0.174. The number of ether oxygens (including phenoxy) is 2. The van der Waals surface area contributed by atoms with E-state index in [4.69, 9.17) is 44.3 Å². The molecule has 30 heavy (non-hydrogen) atoms. The molecule has 1 heterocycles. The molecule has 7 nitrogen and oxygen atoms in total. The highest BCUT2D eigenvalue weighted by Gasteiger charge is 2.25. The second-order valence-electron chi connectivity index (χ2n) is 6.16. The zero-order valence-corrected chi connectivity index (χ0v) is 18.5. The molecule has 0 radical (unpaired) electrons. The molecule has 0 amide bonds. The zero-order valence-electron chi connectivity index (χ0n) is 15.4. The molecule has 0 aliphatic heterocycles. The minimum absolute atomic E-state index is 0.00612. The van der Waals surface area contributed by atoms with Crippen LogP contribution in [-0.2, 0) is 17.9 Å². The average Bonchev–Trinajstić information content (AvgIpc) is 3.10. The molecule has 3 aromatic rings. The Bertz CT molecular complexity index is 1030. The molecular weight excluding hydrogens is 473 g/mol. The molecule has 158 valence electrons. The predicted octanol–water partition coefficient (Wildman–Crippen LogP) is 5.98. The van der Waals surface area contributed by atoms with Gasteiger partial charge < -0.3 is 19.6 Å². The molecule has 0 bridgehead atoms. The molecule has 0 aliphatic rings. The van der Waals surface area contributed by atoms with E-state index in [1.807, 2.05) is 12.1 Å². The van der Waals surface area contributed by atoms with Crippen molar-refractivity contribution in [2.45, 2.75) is 19.3 Å². The molecule has 0 N–H and O–H groups in total. The maximum absolute atomic E-state index is 11.1. The summed E-state index contributed by atoms with van der Waals surface area (Å²) in [7, 11) is 0. The van der Waals surface area contributed by atoms with Crippen LogP contribution in [0.5, 0.6) is 6.01 Å². The van der Waals surface area contributed by atoms with Gasteiger partial charge in [0.15, 0.2) is 0 Å². The Morgan fingerprint density at radius 1 is 1.13 bits per heavy atom. The number of hydrogen-bond donors (Lipinski definition) is 1. The molecule has 1 aromatic heterocycles. The Kier molecular flexibility index (Phi) is 7.85. The fourth-order valence-electron chi connectivity index (χ4n) is 2.74. The Morgan fingerprint density at radius 3 is 2.47 bits per heavy atom. The summed E-state index contributed by atoms with van der Waals surface area (Å²) >= 11 is 22.3. The third-order valence-corrected chi connectivity index (χ3v) is 5.09. The van der Waals surface area contributed by atoms with Crippen LogP contribution in [0.15, 0.2) is 48.7 Å². The number of nitrogens with zero attached hydrogens (tertiary/aromatic N) is 3. The highest BCUT2D eigenvalue weighted by Crippen LogP contribution is 2.32. The number of rotatable bonds is 9. The van der Waals surface area contributed by atoms with E-state index in [-0.39, 0.29) is 30.9 Å². The number of benzene rings is 2. The number of imidazole rings is 1. The molecule has 0 aliphatic carbocycles. The largest absolute Gasteiger partial charge is 0.435 e. The third kappa shape index (κ3) is 5.80. The fourth-order valence-corrected chi connectivity index (χ4v) is 3.51. The van der Waals surface area contributed by atoms with Crippen molar-refractivity contribution in [1.82, 2.24) is 9.55 Å². The summed E-state index contributed by atoms with van der Waals surface area (Å²) in [6.45, 7) is 0.430. The van der Waals surface area contributed by atoms with Crippen molar-refractivity contribution in [2.75, 3.05) is 5.94 Å². The highest BCUT2D eigenvalue weighted by atomic mass is 35.5. The Hall–Kier alpha value is -1.97. The first kappa shape index (κ1) is 22.7. The monoisotopic (exact) mass is 487 g/mol. The van der Waals surface area contributed by atoms with E-state index in [2.05, 4.69) is 17.6 Å². The van der Waals surface area contributed by atoms with Crippen LogP contribution >= 0.6 is 47.4 Å². The summed E-state index contributed by atoms with van der Waals surface area (Å²) in [6.07, 6.45) is 0.711. The highest BCUT2D eigenvalue weighted by molar-refractivity contribution is 7.80. The van der Waals surface area contributed by atoms with Gasteiger partial charge in [-0.15, -0.1) is 12.6 Å². The predicted molar refractivity (Wildman–Crippen MR) is 119 cm³/mol. The molecule has 2 aromatic carbocycles. The number of thiol groups is 1. The second-order valence-corrected chi connectivity index (χ2v) is 7.69. The van der Waals surface area contributed by atoms with Crippen molar-refractivity contribution in [3.05, 3.63) is 85.0 Å². The molecule has 0 saturated carbocycles. The van der Waals surface area contributed by atoms with E-state index in [0.29, 0.717) is 20.6 Å². The maximum Gasteiger partial charge on any atom is 0.415 e. The molecule has 0 fully saturated rings. The van der Waals surface area contributed by atoms with Crippen molar-refractivity contribution in [1.29, 1.82) is 0 Å². The van der Waals surface area contributed by atoms with Crippen molar-refractivity contribution in [2.24, 2.45) is 0 Å². The number of nitro groups is 1. The lowest BCUT2D eigenvalue weighted by molar-refractivity contribution is -0.389. The van der Waals surface area contributed by atoms with E-state index < -0.39 is 11.0 Å². The van der Waals surface area contributed by atoms with Gasteiger partial charge in [-0.05, 0) is 34.8 Å². The van der Waals surface area contributed by atoms with Gasteiger partial charge in [0.25, 0.3) is 0 Å². The molecule has 1 unspecified atom stereocenters. The molecule has 11 heteroatoms. The SMILES string of the molecule is O=[N+]([O-])c1cn(CC(OCc2ccc(Cl)cc2)c2ccc(Cl)cc2Cl)c(OCS)n1. The van der Waals surface area contributed by atoms with Crippen LogP contribution in [-0.4, -0.2) is 20.4 Å². The van der Waals surface area contributed by atoms with E-state index in [1.165, 1.54) is 10.8 Å². The summed E-state index contributed by atoms with van der Waals surface area (Å²) in [4.78, 5) is 14.4. The summed E-state index contributed by atoms with van der Waals surface area (Å²) in [6, 6.07) is 12.3. The van der Waals surface area contributed by atoms with E-state index >= 15 is 0 Å². The lowest BCUT2D eigenvalue weighted by atomic mass is 10.1.